The SMILES string of the molecule is CCOC1(C(NC)C2CCc3cccnc32)CCOCC1. The molecule has 1 aliphatic carbocycles. The van der Waals surface area contributed by atoms with Gasteiger partial charge in [-0.05, 0) is 38.4 Å². The molecule has 21 heavy (non-hydrogen) atoms. The minimum absolute atomic E-state index is 0.119. The van der Waals surface area contributed by atoms with Gasteiger partial charge in [0.25, 0.3) is 0 Å². The lowest BCUT2D eigenvalue weighted by atomic mass is 9.78. The predicted octanol–water partition coefficient (Wildman–Crippen LogP) is 2.29. The Morgan fingerprint density at radius 3 is 3.00 bits per heavy atom. The summed E-state index contributed by atoms with van der Waals surface area (Å²) < 4.78 is 11.9. The monoisotopic (exact) mass is 290 g/mol. The van der Waals surface area contributed by atoms with Gasteiger partial charge in [0.1, 0.15) is 0 Å². The molecule has 2 heterocycles. The highest BCUT2D eigenvalue weighted by Gasteiger charge is 2.46. The van der Waals surface area contributed by atoms with Gasteiger partial charge in [0.15, 0.2) is 0 Å². The molecule has 0 radical (unpaired) electrons. The Morgan fingerprint density at radius 1 is 1.48 bits per heavy atom. The summed E-state index contributed by atoms with van der Waals surface area (Å²) >= 11 is 0. The molecule has 1 aromatic heterocycles. The maximum atomic E-state index is 6.28. The van der Waals surface area contributed by atoms with Gasteiger partial charge in [0.05, 0.1) is 5.60 Å². The number of hydrogen-bond donors (Lipinski definition) is 1. The van der Waals surface area contributed by atoms with Gasteiger partial charge in [0.2, 0.25) is 0 Å². The van der Waals surface area contributed by atoms with Crippen molar-refractivity contribution in [2.75, 3.05) is 26.9 Å². The number of nitrogens with zero attached hydrogens (tertiary/aromatic N) is 1. The molecule has 116 valence electrons. The number of likely N-dealkylation sites (N-methyl/N-ethyl adjacent to an activating group) is 1. The number of fused-ring (bicyclic) bond motifs is 1. The van der Waals surface area contributed by atoms with Crippen LogP contribution in [0.5, 0.6) is 0 Å². The third-order valence-corrected chi connectivity index (χ3v) is 5.05. The van der Waals surface area contributed by atoms with E-state index >= 15 is 0 Å². The van der Waals surface area contributed by atoms with Crippen molar-refractivity contribution in [3.63, 3.8) is 0 Å². The molecule has 0 bridgehead atoms. The summed E-state index contributed by atoms with van der Waals surface area (Å²) in [7, 11) is 2.06. The molecule has 4 heteroatoms. The minimum Gasteiger partial charge on any atom is -0.381 e. The first-order chi connectivity index (χ1) is 10.3. The highest BCUT2D eigenvalue weighted by Crippen LogP contribution is 2.41. The molecule has 2 unspecified atom stereocenters. The molecule has 1 fully saturated rings. The highest BCUT2D eigenvalue weighted by molar-refractivity contribution is 5.31. The van der Waals surface area contributed by atoms with Crippen molar-refractivity contribution < 1.29 is 9.47 Å². The molecule has 0 saturated carbocycles. The number of rotatable bonds is 5. The highest BCUT2D eigenvalue weighted by atomic mass is 16.5. The van der Waals surface area contributed by atoms with Crippen LogP contribution in [-0.2, 0) is 15.9 Å². The zero-order valence-electron chi connectivity index (χ0n) is 13.1. The van der Waals surface area contributed by atoms with Gasteiger partial charge >= 0.3 is 0 Å². The van der Waals surface area contributed by atoms with Gasteiger partial charge in [0, 0.05) is 56.5 Å². The van der Waals surface area contributed by atoms with E-state index in [-0.39, 0.29) is 5.60 Å². The minimum atomic E-state index is -0.119. The van der Waals surface area contributed by atoms with Crippen LogP contribution in [0.2, 0.25) is 0 Å². The van der Waals surface area contributed by atoms with Crippen molar-refractivity contribution in [2.24, 2.45) is 0 Å². The molecule has 2 atom stereocenters. The second-order valence-corrected chi connectivity index (χ2v) is 6.07. The van der Waals surface area contributed by atoms with Crippen molar-refractivity contribution in [3.05, 3.63) is 29.6 Å². The molecule has 2 aliphatic rings. The van der Waals surface area contributed by atoms with Gasteiger partial charge < -0.3 is 14.8 Å². The fourth-order valence-corrected chi connectivity index (χ4v) is 4.15. The molecule has 0 spiro atoms. The maximum absolute atomic E-state index is 6.28. The first kappa shape index (κ1) is 14.9. The van der Waals surface area contributed by atoms with E-state index in [0.717, 1.165) is 45.5 Å². The molecule has 1 saturated heterocycles. The quantitative estimate of drug-likeness (QED) is 0.903. The van der Waals surface area contributed by atoms with E-state index in [1.54, 1.807) is 0 Å². The number of pyridine rings is 1. The van der Waals surface area contributed by atoms with Gasteiger partial charge in [-0.1, -0.05) is 6.07 Å². The van der Waals surface area contributed by atoms with Crippen LogP contribution in [0.25, 0.3) is 0 Å². The zero-order chi connectivity index (χ0) is 14.7. The molecular weight excluding hydrogens is 264 g/mol. The average Bonchev–Trinajstić information content (AvgIpc) is 2.93. The third kappa shape index (κ3) is 2.72. The Kier molecular flexibility index (Phi) is 4.57. The lowest BCUT2D eigenvalue weighted by Crippen LogP contribution is -2.57. The summed E-state index contributed by atoms with van der Waals surface area (Å²) in [5.41, 5.74) is 2.55. The van der Waals surface area contributed by atoms with Gasteiger partial charge in [-0.3, -0.25) is 4.98 Å². The molecule has 0 amide bonds. The molecule has 1 N–H and O–H groups in total. The smallest absolute Gasteiger partial charge is 0.0884 e. The molecule has 0 aromatic carbocycles. The lowest BCUT2D eigenvalue weighted by Gasteiger charge is -2.45. The normalized spacial score (nSPS) is 25.5. The number of aryl methyl sites for hydroxylation is 1. The average molecular weight is 290 g/mol. The summed E-state index contributed by atoms with van der Waals surface area (Å²) in [6.45, 7) is 4.42. The molecule has 3 rings (SSSR count). The van der Waals surface area contributed by atoms with Crippen molar-refractivity contribution in [3.8, 4) is 0 Å². The van der Waals surface area contributed by atoms with Crippen molar-refractivity contribution in [2.45, 2.75) is 50.2 Å². The number of hydrogen-bond acceptors (Lipinski definition) is 4. The molecule has 1 aliphatic heterocycles. The van der Waals surface area contributed by atoms with Gasteiger partial charge in [-0.25, -0.2) is 0 Å². The Labute approximate surface area is 127 Å². The van der Waals surface area contributed by atoms with E-state index in [1.807, 2.05) is 12.3 Å². The first-order valence-corrected chi connectivity index (χ1v) is 8.13. The van der Waals surface area contributed by atoms with Gasteiger partial charge in [-0.15, -0.1) is 0 Å². The Morgan fingerprint density at radius 2 is 2.29 bits per heavy atom. The van der Waals surface area contributed by atoms with Crippen molar-refractivity contribution in [1.82, 2.24) is 10.3 Å². The van der Waals surface area contributed by atoms with E-state index in [4.69, 9.17) is 9.47 Å². The Balaban J connectivity index is 1.90. The number of aromatic nitrogens is 1. The van der Waals surface area contributed by atoms with E-state index in [9.17, 15) is 0 Å². The fourth-order valence-electron chi connectivity index (χ4n) is 4.15. The molecule has 4 nitrogen and oxygen atoms in total. The summed E-state index contributed by atoms with van der Waals surface area (Å²) in [6.07, 6.45) is 6.13. The summed E-state index contributed by atoms with van der Waals surface area (Å²) in [5, 5.41) is 3.56. The van der Waals surface area contributed by atoms with E-state index < -0.39 is 0 Å². The second-order valence-electron chi connectivity index (χ2n) is 6.07. The summed E-state index contributed by atoms with van der Waals surface area (Å²) in [6, 6.07) is 4.56. The molecular formula is C17H26N2O2. The van der Waals surface area contributed by atoms with Crippen LogP contribution in [0.4, 0.5) is 0 Å². The molecule has 1 aromatic rings. The predicted molar refractivity (Wildman–Crippen MR) is 82.6 cm³/mol. The zero-order valence-corrected chi connectivity index (χ0v) is 13.1. The van der Waals surface area contributed by atoms with E-state index in [0.29, 0.717) is 12.0 Å². The maximum Gasteiger partial charge on any atom is 0.0884 e. The number of ether oxygens (including phenoxy) is 2. The van der Waals surface area contributed by atoms with Crippen LogP contribution in [0.15, 0.2) is 18.3 Å². The van der Waals surface area contributed by atoms with Crippen LogP contribution in [0, 0.1) is 0 Å². The van der Waals surface area contributed by atoms with E-state index in [1.165, 1.54) is 11.3 Å². The third-order valence-electron chi connectivity index (χ3n) is 5.05. The van der Waals surface area contributed by atoms with Crippen molar-refractivity contribution in [1.29, 1.82) is 0 Å². The standard InChI is InChI=1S/C17H26N2O2/c1-3-21-17(8-11-20-12-9-17)16(18-2)14-7-6-13-5-4-10-19-15(13)14/h4-5,10,14,16,18H,3,6-9,11-12H2,1-2H3. The fraction of sp³-hybridized carbons (Fsp3) is 0.706. The van der Waals surface area contributed by atoms with E-state index in [2.05, 4.69) is 30.3 Å². The Hall–Kier alpha value is -0.970. The first-order valence-electron chi connectivity index (χ1n) is 8.13. The van der Waals surface area contributed by atoms with Crippen LogP contribution in [-0.4, -0.2) is 43.5 Å². The van der Waals surface area contributed by atoms with Gasteiger partial charge in [-0.2, -0.15) is 0 Å². The van der Waals surface area contributed by atoms with Crippen LogP contribution in [0.1, 0.15) is 43.4 Å². The summed E-state index contributed by atoms with van der Waals surface area (Å²) in [4.78, 5) is 4.67. The van der Waals surface area contributed by atoms with Crippen LogP contribution in [0.3, 0.4) is 0 Å². The second kappa shape index (κ2) is 6.42. The lowest BCUT2D eigenvalue weighted by molar-refractivity contribution is -0.130. The van der Waals surface area contributed by atoms with Crippen molar-refractivity contribution >= 4 is 0 Å². The number of nitrogens with one attached hydrogen (secondary N) is 1. The largest absolute Gasteiger partial charge is 0.381 e. The van der Waals surface area contributed by atoms with Crippen LogP contribution < -0.4 is 5.32 Å². The summed E-state index contributed by atoms with van der Waals surface area (Å²) in [5.74, 6) is 0.441. The topological polar surface area (TPSA) is 43.4 Å². The van der Waals surface area contributed by atoms with Crippen LogP contribution >= 0.6 is 0 Å². The Bertz CT molecular complexity index is 466.